The molecule has 3 saturated heterocycles. The molecule has 188 valence electrons. The first-order chi connectivity index (χ1) is 16.0. The third kappa shape index (κ3) is 5.50. The first-order valence-corrected chi connectivity index (χ1v) is 11.3. The van der Waals surface area contributed by atoms with Crippen molar-refractivity contribution < 1.29 is 48.0 Å². The van der Waals surface area contributed by atoms with E-state index in [1.54, 1.807) is 6.92 Å². The second-order valence-electron chi connectivity index (χ2n) is 9.27. The fourth-order valence-electron chi connectivity index (χ4n) is 4.88. The largest absolute Gasteiger partial charge is 0.465 e. The van der Waals surface area contributed by atoms with Crippen molar-refractivity contribution in [2.45, 2.75) is 77.0 Å². The Hall–Kier alpha value is -2.72. The van der Waals surface area contributed by atoms with Gasteiger partial charge in [-0.1, -0.05) is 12.7 Å². The highest BCUT2D eigenvalue weighted by Gasteiger charge is 2.58. The van der Waals surface area contributed by atoms with Gasteiger partial charge in [0, 0.05) is 31.8 Å². The number of aliphatic hydroxyl groups excluding tert-OH is 1. The van der Waals surface area contributed by atoms with Gasteiger partial charge in [0.1, 0.15) is 24.9 Å². The summed E-state index contributed by atoms with van der Waals surface area (Å²) in [5.74, 6) is -3.74. The maximum Gasteiger partial charge on any atom is 0.337 e. The van der Waals surface area contributed by atoms with Gasteiger partial charge < -0.3 is 28.8 Å². The maximum atomic E-state index is 12.9. The quantitative estimate of drug-likeness (QED) is 0.337. The van der Waals surface area contributed by atoms with E-state index < -0.39 is 65.7 Å². The van der Waals surface area contributed by atoms with Gasteiger partial charge in [-0.3, -0.25) is 9.59 Å². The lowest BCUT2D eigenvalue weighted by Gasteiger charge is -2.34. The Morgan fingerprint density at radius 3 is 2.50 bits per heavy atom. The minimum Gasteiger partial charge on any atom is -0.465 e. The van der Waals surface area contributed by atoms with E-state index in [1.165, 1.54) is 19.9 Å². The van der Waals surface area contributed by atoms with Crippen LogP contribution in [0.15, 0.2) is 23.8 Å². The molecular weight excluding hydrogens is 448 g/mol. The molecular formula is C24H32O10. The summed E-state index contributed by atoms with van der Waals surface area (Å²) < 4.78 is 28.0. The summed E-state index contributed by atoms with van der Waals surface area (Å²) in [5.41, 5.74) is -0.518. The predicted molar refractivity (Wildman–Crippen MR) is 116 cm³/mol. The third-order valence-corrected chi connectivity index (χ3v) is 6.70. The molecule has 0 aromatic heterocycles. The van der Waals surface area contributed by atoms with Gasteiger partial charge >= 0.3 is 23.9 Å². The van der Waals surface area contributed by atoms with E-state index in [1.807, 2.05) is 6.92 Å². The minimum absolute atomic E-state index is 0.111. The van der Waals surface area contributed by atoms with Crippen LogP contribution in [0.1, 0.15) is 47.0 Å². The van der Waals surface area contributed by atoms with Crippen molar-refractivity contribution in [3.63, 3.8) is 0 Å². The van der Waals surface area contributed by atoms with E-state index in [9.17, 15) is 24.3 Å². The molecule has 0 aromatic carbocycles. The average molecular weight is 481 g/mol. The molecule has 0 aliphatic carbocycles. The van der Waals surface area contributed by atoms with Crippen molar-refractivity contribution in [2.24, 2.45) is 11.8 Å². The van der Waals surface area contributed by atoms with Crippen molar-refractivity contribution in [1.29, 1.82) is 0 Å². The molecule has 0 saturated carbocycles. The number of esters is 4. The van der Waals surface area contributed by atoms with Gasteiger partial charge in [-0.05, 0) is 26.7 Å². The molecule has 2 bridgehead atoms. The molecule has 0 unspecified atom stereocenters. The number of ether oxygens (including phenoxy) is 5. The lowest BCUT2D eigenvalue weighted by atomic mass is 9.78. The SMILES string of the molecule is C=C1C(=O)O[C@@H]2[C@@H]3O[C@@](C)(CC[C@H](O)[C@@H]3COC(C)=O)C[C@@H](OC(=O)/C(=C/C)COC(C)=O)[C@@H]12. The number of hydrogen-bond acceptors (Lipinski definition) is 10. The van der Waals surface area contributed by atoms with E-state index >= 15 is 0 Å². The Balaban J connectivity index is 1.93. The molecule has 7 atom stereocenters. The van der Waals surface area contributed by atoms with Crippen LogP contribution >= 0.6 is 0 Å². The summed E-state index contributed by atoms with van der Waals surface area (Å²) in [7, 11) is 0. The van der Waals surface area contributed by atoms with E-state index in [-0.39, 0.29) is 30.8 Å². The average Bonchev–Trinajstić information content (AvgIpc) is 2.90. The van der Waals surface area contributed by atoms with Gasteiger partial charge in [-0.25, -0.2) is 9.59 Å². The summed E-state index contributed by atoms with van der Waals surface area (Å²) in [5, 5.41) is 10.8. The van der Waals surface area contributed by atoms with E-state index in [0.717, 1.165) is 0 Å². The van der Waals surface area contributed by atoms with Gasteiger partial charge in [0.05, 0.1) is 29.8 Å². The van der Waals surface area contributed by atoms with Crippen LogP contribution in [0.2, 0.25) is 0 Å². The topological polar surface area (TPSA) is 135 Å². The number of carbonyl (C=O) groups excluding carboxylic acids is 4. The number of allylic oxidation sites excluding steroid dienone is 1. The molecule has 0 radical (unpaired) electrons. The first-order valence-electron chi connectivity index (χ1n) is 11.3. The van der Waals surface area contributed by atoms with Crippen molar-refractivity contribution >= 4 is 23.9 Å². The van der Waals surface area contributed by atoms with Crippen molar-refractivity contribution in [1.82, 2.24) is 0 Å². The first kappa shape index (κ1) is 25.9. The Labute approximate surface area is 198 Å². The van der Waals surface area contributed by atoms with Gasteiger partial charge in [0.15, 0.2) is 0 Å². The number of carbonyl (C=O) groups is 4. The molecule has 3 rings (SSSR count). The van der Waals surface area contributed by atoms with Crippen LogP contribution in [0.5, 0.6) is 0 Å². The van der Waals surface area contributed by atoms with Gasteiger partial charge in [-0.15, -0.1) is 0 Å². The predicted octanol–water partition coefficient (Wildman–Crippen LogP) is 1.39. The monoisotopic (exact) mass is 480 g/mol. The van der Waals surface area contributed by atoms with E-state index in [4.69, 9.17) is 23.7 Å². The second kappa shape index (κ2) is 10.3. The van der Waals surface area contributed by atoms with Crippen LogP contribution in [0.3, 0.4) is 0 Å². The Bertz CT molecular complexity index is 892. The van der Waals surface area contributed by atoms with Gasteiger partial charge in [0.25, 0.3) is 0 Å². The fourth-order valence-corrected chi connectivity index (χ4v) is 4.88. The molecule has 0 amide bonds. The van der Waals surface area contributed by atoms with E-state index in [0.29, 0.717) is 12.8 Å². The lowest BCUT2D eigenvalue weighted by molar-refractivity contribution is -0.173. The van der Waals surface area contributed by atoms with Crippen LogP contribution in [-0.4, -0.2) is 72.2 Å². The highest BCUT2D eigenvalue weighted by molar-refractivity contribution is 5.92. The van der Waals surface area contributed by atoms with E-state index in [2.05, 4.69) is 6.58 Å². The van der Waals surface area contributed by atoms with Crippen LogP contribution in [0, 0.1) is 11.8 Å². The number of fused-ring (bicyclic) bond motifs is 4. The molecule has 3 fully saturated rings. The molecule has 0 aromatic rings. The smallest absolute Gasteiger partial charge is 0.337 e. The van der Waals surface area contributed by atoms with Crippen LogP contribution in [0.4, 0.5) is 0 Å². The summed E-state index contributed by atoms with van der Waals surface area (Å²) in [4.78, 5) is 48.0. The molecule has 34 heavy (non-hydrogen) atoms. The second-order valence-corrected chi connectivity index (χ2v) is 9.27. The molecule has 3 aliphatic heterocycles. The molecule has 3 aliphatic rings. The van der Waals surface area contributed by atoms with Crippen LogP contribution < -0.4 is 0 Å². The summed E-state index contributed by atoms with van der Waals surface area (Å²) in [6.45, 7) is 9.50. The number of hydrogen-bond donors (Lipinski definition) is 1. The summed E-state index contributed by atoms with van der Waals surface area (Å²) >= 11 is 0. The lowest BCUT2D eigenvalue weighted by Crippen LogP contribution is -2.47. The van der Waals surface area contributed by atoms with Crippen LogP contribution in [0.25, 0.3) is 0 Å². The normalized spacial score (nSPS) is 35.4. The molecule has 10 heteroatoms. The fraction of sp³-hybridized carbons (Fsp3) is 0.667. The highest BCUT2D eigenvalue weighted by atomic mass is 16.6. The maximum absolute atomic E-state index is 12.9. The van der Waals surface area contributed by atoms with Crippen molar-refractivity contribution in [3.05, 3.63) is 23.8 Å². The van der Waals surface area contributed by atoms with Crippen LogP contribution in [-0.2, 0) is 42.9 Å². The van der Waals surface area contributed by atoms with Crippen molar-refractivity contribution in [3.8, 4) is 0 Å². The van der Waals surface area contributed by atoms with Crippen molar-refractivity contribution in [2.75, 3.05) is 13.2 Å². The summed E-state index contributed by atoms with van der Waals surface area (Å²) in [6, 6.07) is 0. The zero-order chi connectivity index (χ0) is 25.2. The summed E-state index contributed by atoms with van der Waals surface area (Å²) in [6.07, 6.45) is -0.838. The minimum atomic E-state index is -0.893. The Morgan fingerprint density at radius 1 is 1.21 bits per heavy atom. The third-order valence-electron chi connectivity index (χ3n) is 6.70. The van der Waals surface area contributed by atoms with Gasteiger partial charge in [0.2, 0.25) is 0 Å². The molecule has 1 N–H and O–H groups in total. The highest BCUT2D eigenvalue weighted by Crippen LogP contribution is 2.47. The zero-order valence-electron chi connectivity index (χ0n) is 19.9. The number of aliphatic hydroxyl groups is 1. The molecule has 0 spiro atoms. The van der Waals surface area contributed by atoms with Gasteiger partial charge in [-0.2, -0.15) is 0 Å². The Kier molecular flexibility index (Phi) is 7.82. The molecule has 10 nitrogen and oxygen atoms in total. The zero-order valence-corrected chi connectivity index (χ0v) is 19.9. The number of rotatable bonds is 6. The Morgan fingerprint density at radius 2 is 1.88 bits per heavy atom. The standard InChI is InChI=1S/C24H32O10/c1-6-15(10-30-13(3)25)23(29)32-18-9-24(5)8-7-17(27)16(11-31-14(4)26)20(34-24)21-19(18)12(2)22(28)33-21/h6,16-21,27H,2,7-11H2,1,3-5H3/b15-6+/t16-,17-,18+,19+,20+,21-,24-/m0/s1. The molecule has 3 heterocycles.